The average Bonchev–Trinajstić information content (AvgIpc) is 3.74. The molecule has 33 heavy (non-hydrogen) atoms. The molecule has 1 N–H and O–H groups in total. The van der Waals surface area contributed by atoms with E-state index in [-0.39, 0.29) is 17.5 Å². The second-order valence-corrected chi connectivity index (χ2v) is 9.19. The molecule has 9 heteroatoms. The third-order valence-corrected chi connectivity index (χ3v) is 6.82. The summed E-state index contributed by atoms with van der Waals surface area (Å²) in [6.07, 6.45) is 6.37. The molecule has 2 aromatic heterocycles. The van der Waals surface area contributed by atoms with Crippen molar-refractivity contribution in [1.82, 2.24) is 20.1 Å². The highest BCUT2D eigenvalue weighted by molar-refractivity contribution is 5.77. The molecule has 5 rings (SSSR count). The van der Waals surface area contributed by atoms with Crippen LogP contribution in [0.5, 0.6) is 0 Å². The number of carbonyl (C=O) groups is 1. The van der Waals surface area contributed by atoms with Crippen molar-refractivity contribution in [2.45, 2.75) is 44.1 Å². The van der Waals surface area contributed by atoms with E-state index < -0.39 is 0 Å². The Hall–Kier alpha value is -3.25. The van der Waals surface area contributed by atoms with Gasteiger partial charge in [-0.25, -0.2) is 10.1 Å². The van der Waals surface area contributed by atoms with Gasteiger partial charge in [0, 0.05) is 49.9 Å². The Balaban J connectivity index is 1.47. The van der Waals surface area contributed by atoms with Crippen LogP contribution in [-0.4, -0.2) is 65.4 Å². The highest BCUT2D eigenvalue weighted by Crippen LogP contribution is 2.45. The van der Waals surface area contributed by atoms with Crippen LogP contribution < -0.4 is 10.5 Å². The highest BCUT2D eigenvalue weighted by atomic mass is 16.5. The molecule has 172 valence electrons. The molecule has 3 fully saturated rings. The van der Waals surface area contributed by atoms with Crippen molar-refractivity contribution in [2.75, 3.05) is 38.3 Å². The number of nitrogens with zero attached hydrogens (tertiary/aromatic N) is 5. The van der Waals surface area contributed by atoms with E-state index in [2.05, 4.69) is 21.2 Å². The Morgan fingerprint density at radius 1 is 1.27 bits per heavy atom. The molecule has 1 atom stereocenters. The number of nitriles is 1. The van der Waals surface area contributed by atoms with Crippen LogP contribution in [0.15, 0.2) is 23.1 Å². The quantitative estimate of drug-likeness (QED) is 0.689. The Kier molecular flexibility index (Phi) is 5.85. The van der Waals surface area contributed by atoms with Crippen LogP contribution in [0.3, 0.4) is 0 Å². The van der Waals surface area contributed by atoms with Crippen LogP contribution in [0.2, 0.25) is 0 Å². The van der Waals surface area contributed by atoms with Crippen molar-refractivity contribution in [2.24, 2.45) is 5.92 Å². The Bertz CT molecular complexity index is 1150. The minimum absolute atomic E-state index is 0.136. The van der Waals surface area contributed by atoms with Crippen molar-refractivity contribution >= 4 is 11.7 Å². The van der Waals surface area contributed by atoms with E-state index in [1.165, 1.54) is 6.07 Å². The van der Waals surface area contributed by atoms with E-state index >= 15 is 0 Å². The number of carbonyl (C=O) groups excluding carboxylic acids is 1. The van der Waals surface area contributed by atoms with Crippen molar-refractivity contribution in [3.63, 3.8) is 0 Å². The van der Waals surface area contributed by atoms with Crippen LogP contribution >= 0.6 is 0 Å². The standard InChI is InChI=1S/C24H28N6O3/c1-33-9-6-22(32)30-8-7-29(14-20(30)15-2-3-15)24-17(12-25)10-19(23(27-24)16-4-5-16)18-11-21(31)28-26-13-18/h10-11,13,15-16,20H,2-9,14H2,1H3,(H,28,31). The average molecular weight is 449 g/mol. The monoisotopic (exact) mass is 448 g/mol. The van der Waals surface area contributed by atoms with Gasteiger partial charge in [0.25, 0.3) is 5.56 Å². The molecule has 2 aromatic rings. The first-order valence-electron chi connectivity index (χ1n) is 11.6. The van der Waals surface area contributed by atoms with Crippen LogP contribution in [0.4, 0.5) is 5.82 Å². The van der Waals surface area contributed by atoms with Crippen molar-refractivity contribution < 1.29 is 9.53 Å². The number of piperazine rings is 1. The molecule has 1 aliphatic heterocycles. The SMILES string of the molecule is COCCC(=O)N1CCN(c2nc(C3CC3)c(-c3cn[nH]c(=O)c3)cc2C#N)CC1C1CC1. The third kappa shape index (κ3) is 4.48. The van der Waals surface area contributed by atoms with Crippen LogP contribution in [0.25, 0.3) is 11.1 Å². The van der Waals surface area contributed by atoms with Gasteiger partial charge in [0.1, 0.15) is 11.9 Å². The third-order valence-electron chi connectivity index (χ3n) is 6.82. The molecule has 9 nitrogen and oxygen atoms in total. The number of ether oxygens (including phenoxy) is 1. The fraction of sp³-hybridized carbons (Fsp3) is 0.542. The maximum Gasteiger partial charge on any atom is 0.264 e. The molecule has 2 aliphatic carbocycles. The second-order valence-electron chi connectivity index (χ2n) is 9.19. The number of rotatable bonds is 7. The summed E-state index contributed by atoms with van der Waals surface area (Å²) in [5.74, 6) is 1.67. The lowest BCUT2D eigenvalue weighted by molar-refractivity contribution is -0.135. The van der Waals surface area contributed by atoms with E-state index in [1.54, 1.807) is 13.3 Å². The zero-order valence-electron chi connectivity index (χ0n) is 18.8. The zero-order valence-corrected chi connectivity index (χ0v) is 18.8. The largest absolute Gasteiger partial charge is 0.384 e. The highest BCUT2D eigenvalue weighted by Gasteiger charge is 2.41. The number of amides is 1. The summed E-state index contributed by atoms with van der Waals surface area (Å²) in [7, 11) is 1.61. The first-order chi connectivity index (χ1) is 16.1. The number of methoxy groups -OCH3 is 1. The molecule has 0 aromatic carbocycles. The van der Waals surface area contributed by atoms with Gasteiger partial charge in [0.15, 0.2) is 0 Å². The predicted molar refractivity (Wildman–Crippen MR) is 122 cm³/mol. The summed E-state index contributed by atoms with van der Waals surface area (Å²) < 4.78 is 5.10. The number of hydrogen-bond donors (Lipinski definition) is 1. The summed E-state index contributed by atoms with van der Waals surface area (Å²) >= 11 is 0. The first-order valence-corrected chi connectivity index (χ1v) is 11.6. The Morgan fingerprint density at radius 3 is 2.76 bits per heavy atom. The topological polar surface area (TPSA) is 115 Å². The van der Waals surface area contributed by atoms with E-state index in [0.29, 0.717) is 61.4 Å². The number of nitrogens with one attached hydrogen (secondary N) is 1. The minimum atomic E-state index is -0.279. The van der Waals surface area contributed by atoms with Crippen LogP contribution in [0, 0.1) is 17.2 Å². The molecule has 1 saturated heterocycles. The van der Waals surface area contributed by atoms with Crippen molar-refractivity contribution in [3.05, 3.63) is 39.9 Å². The summed E-state index contributed by atoms with van der Waals surface area (Å²) in [4.78, 5) is 33.8. The van der Waals surface area contributed by atoms with Gasteiger partial charge >= 0.3 is 0 Å². The Morgan fingerprint density at radius 2 is 2.09 bits per heavy atom. The minimum Gasteiger partial charge on any atom is -0.384 e. The Labute approximate surface area is 192 Å². The molecule has 1 amide bonds. The maximum atomic E-state index is 12.8. The zero-order chi connectivity index (χ0) is 22.9. The van der Waals surface area contributed by atoms with Gasteiger partial charge in [-0.05, 0) is 37.7 Å². The molecule has 0 bridgehead atoms. The van der Waals surface area contributed by atoms with Gasteiger partial charge in [-0.15, -0.1) is 0 Å². The van der Waals surface area contributed by atoms with Gasteiger partial charge in [-0.1, -0.05) is 0 Å². The van der Waals surface area contributed by atoms with Gasteiger partial charge in [0.05, 0.1) is 36.5 Å². The molecule has 3 aliphatic rings. The smallest absolute Gasteiger partial charge is 0.264 e. The number of anilines is 1. The molecule has 0 spiro atoms. The van der Waals surface area contributed by atoms with E-state index in [4.69, 9.17) is 9.72 Å². The second kappa shape index (κ2) is 8.94. The molecule has 3 heterocycles. The molecular formula is C24H28N6O3. The van der Waals surface area contributed by atoms with Crippen LogP contribution in [0.1, 0.15) is 49.3 Å². The van der Waals surface area contributed by atoms with Gasteiger partial charge in [-0.2, -0.15) is 10.4 Å². The normalized spacial score (nSPS) is 20.5. The predicted octanol–water partition coefficient (Wildman–Crippen LogP) is 2.04. The summed E-state index contributed by atoms with van der Waals surface area (Å²) in [6, 6.07) is 5.81. The number of pyridine rings is 1. The lowest BCUT2D eigenvalue weighted by atomic mass is 10.00. The fourth-order valence-corrected chi connectivity index (χ4v) is 4.79. The van der Waals surface area contributed by atoms with Gasteiger partial charge in [-0.3, -0.25) is 9.59 Å². The number of aromatic nitrogens is 3. The first kappa shape index (κ1) is 21.6. The van der Waals surface area contributed by atoms with E-state index in [1.807, 2.05) is 11.0 Å². The number of hydrogen-bond acceptors (Lipinski definition) is 7. The molecule has 0 radical (unpaired) electrons. The molecule has 1 unspecified atom stereocenters. The van der Waals surface area contributed by atoms with Crippen molar-refractivity contribution in [3.8, 4) is 17.2 Å². The van der Waals surface area contributed by atoms with Crippen LogP contribution in [-0.2, 0) is 9.53 Å². The number of aromatic amines is 1. The summed E-state index contributed by atoms with van der Waals surface area (Å²) in [5.41, 5.74) is 2.63. The lowest BCUT2D eigenvalue weighted by Gasteiger charge is -2.42. The maximum absolute atomic E-state index is 12.8. The van der Waals surface area contributed by atoms with Crippen molar-refractivity contribution in [1.29, 1.82) is 5.26 Å². The van der Waals surface area contributed by atoms with Gasteiger partial charge < -0.3 is 14.5 Å². The van der Waals surface area contributed by atoms with Gasteiger partial charge in [0.2, 0.25) is 5.91 Å². The summed E-state index contributed by atoms with van der Waals surface area (Å²) in [6.45, 7) is 2.37. The fourth-order valence-electron chi connectivity index (χ4n) is 4.79. The van der Waals surface area contributed by atoms with E-state index in [0.717, 1.165) is 36.9 Å². The molecule has 2 saturated carbocycles. The number of H-pyrrole nitrogens is 1. The lowest BCUT2D eigenvalue weighted by Crippen LogP contribution is -2.56. The summed E-state index contributed by atoms with van der Waals surface area (Å²) in [5, 5.41) is 16.3. The van der Waals surface area contributed by atoms with E-state index in [9.17, 15) is 14.9 Å². The molecular weight excluding hydrogens is 420 g/mol.